The van der Waals surface area contributed by atoms with E-state index >= 15 is 0 Å². The summed E-state index contributed by atoms with van der Waals surface area (Å²) < 4.78 is 10.8. The molecule has 0 unspecified atom stereocenters. The van der Waals surface area contributed by atoms with Gasteiger partial charge in [0, 0.05) is 28.5 Å². The van der Waals surface area contributed by atoms with E-state index in [9.17, 15) is 9.59 Å². The third-order valence-electron chi connectivity index (χ3n) is 6.42. The molecule has 2 aromatic carbocycles. The summed E-state index contributed by atoms with van der Waals surface area (Å²) >= 11 is 1.67. The van der Waals surface area contributed by atoms with E-state index in [-0.39, 0.29) is 25.0 Å². The number of nitrogens with one attached hydrogen (secondary N) is 1. The van der Waals surface area contributed by atoms with E-state index in [1.54, 1.807) is 31.6 Å². The minimum Gasteiger partial charge on any atom is -0.493 e. The van der Waals surface area contributed by atoms with Crippen LogP contribution in [0.3, 0.4) is 0 Å². The molecule has 8 heteroatoms. The smallest absolute Gasteiger partial charge is 0.322 e. The van der Waals surface area contributed by atoms with Crippen LogP contribution in [0.25, 0.3) is 0 Å². The van der Waals surface area contributed by atoms with Crippen molar-refractivity contribution >= 4 is 29.0 Å². The van der Waals surface area contributed by atoms with Gasteiger partial charge >= 0.3 is 6.03 Å². The lowest BCUT2D eigenvalue weighted by molar-refractivity contribution is -0.132. The predicted molar refractivity (Wildman–Crippen MR) is 154 cm³/mol. The monoisotopic (exact) mass is 535 g/mol. The molecule has 0 atom stereocenters. The van der Waals surface area contributed by atoms with Crippen LogP contribution in [-0.2, 0) is 17.8 Å². The number of ether oxygens (including phenoxy) is 2. The fourth-order valence-electron chi connectivity index (χ4n) is 4.07. The Balaban J connectivity index is 1.76. The second-order valence-corrected chi connectivity index (χ2v) is 10.5. The minimum absolute atomic E-state index is 0.0565. The van der Waals surface area contributed by atoms with Crippen LogP contribution in [-0.4, -0.2) is 55.6 Å². The number of aryl methyl sites for hydroxylation is 2. The first-order chi connectivity index (χ1) is 18.2. The predicted octanol–water partition coefficient (Wildman–Crippen LogP) is 5.98. The van der Waals surface area contributed by atoms with Crippen LogP contribution in [0.5, 0.6) is 11.5 Å². The molecule has 1 N–H and O–H groups in total. The molecule has 0 saturated heterocycles. The van der Waals surface area contributed by atoms with Crippen molar-refractivity contribution in [2.45, 2.75) is 33.7 Å². The van der Waals surface area contributed by atoms with Crippen molar-refractivity contribution in [1.29, 1.82) is 0 Å². The third-order valence-corrected chi connectivity index (χ3v) is 7.41. The van der Waals surface area contributed by atoms with Crippen LogP contribution >= 0.6 is 11.3 Å². The summed E-state index contributed by atoms with van der Waals surface area (Å²) in [4.78, 5) is 32.3. The second-order valence-electron chi connectivity index (χ2n) is 9.11. The highest BCUT2D eigenvalue weighted by Gasteiger charge is 2.22. The highest BCUT2D eigenvalue weighted by Crippen LogP contribution is 2.28. The van der Waals surface area contributed by atoms with Gasteiger partial charge in [0.15, 0.2) is 11.5 Å². The number of nitrogens with zero attached hydrogens (tertiary/aromatic N) is 2. The highest BCUT2D eigenvalue weighted by atomic mass is 32.1. The zero-order valence-corrected chi connectivity index (χ0v) is 23.7. The summed E-state index contributed by atoms with van der Waals surface area (Å²) in [6.45, 7) is 11.0. The van der Waals surface area contributed by atoms with E-state index in [1.807, 2.05) is 68.1 Å². The normalized spacial score (nSPS) is 10.6. The standard InChI is InChI=1S/C30H37N3O4S/c1-7-16-33(30(35)31-26-10-8-9-21(2)23(26)4)20-29(34)32(19-25-13-11-22(3)38-25)17-15-24-12-14-27(36-5)28(18-24)37-6/h7-14,18H,1,15-17,19-20H2,2-6H3,(H,31,35). The van der Waals surface area contributed by atoms with E-state index in [4.69, 9.17) is 9.47 Å². The molecule has 0 aliphatic rings. The average molecular weight is 536 g/mol. The van der Waals surface area contributed by atoms with Gasteiger partial charge in [0.25, 0.3) is 0 Å². The zero-order valence-electron chi connectivity index (χ0n) is 22.9. The van der Waals surface area contributed by atoms with E-state index in [2.05, 4.69) is 18.0 Å². The fraction of sp³-hybridized carbons (Fsp3) is 0.333. The van der Waals surface area contributed by atoms with Gasteiger partial charge in [-0.15, -0.1) is 17.9 Å². The van der Waals surface area contributed by atoms with E-state index in [1.165, 1.54) is 9.78 Å². The summed E-state index contributed by atoms with van der Waals surface area (Å²) in [6.07, 6.45) is 2.26. The summed E-state index contributed by atoms with van der Waals surface area (Å²) in [5.41, 5.74) is 3.84. The van der Waals surface area contributed by atoms with Crippen molar-refractivity contribution < 1.29 is 19.1 Å². The first-order valence-electron chi connectivity index (χ1n) is 12.5. The summed E-state index contributed by atoms with van der Waals surface area (Å²) in [5.74, 6) is 1.18. The molecule has 0 spiro atoms. The third kappa shape index (κ3) is 7.61. The topological polar surface area (TPSA) is 71.1 Å². The molecule has 7 nitrogen and oxygen atoms in total. The van der Waals surface area contributed by atoms with Crippen molar-refractivity contribution in [3.63, 3.8) is 0 Å². The van der Waals surface area contributed by atoms with Gasteiger partial charge in [0.1, 0.15) is 6.54 Å². The Labute approximate surface area is 229 Å². The maximum Gasteiger partial charge on any atom is 0.322 e. The zero-order chi connectivity index (χ0) is 27.7. The first kappa shape index (κ1) is 28.8. The minimum atomic E-state index is -0.334. The fourth-order valence-corrected chi connectivity index (χ4v) is 4.98. The van der Waals surface area contributed by atoms with Gasteiger partial charge in [0.2, 0.25) is 5.91 Å². The average Bonchev–Trinajstić information content (AvgIpc) is 3.32. The summed E-state index contributed by atoms with van der Waals surface area (Å²) in [7, 11) is 3.21. The number of carbonyl (C=O) groups is 2. The number of methoxy groups -OCH3 is 2. The lowest BCUT2D eigenvalue weighted by atomic mass is 10.1. The van der Waals surface area contributed by atoms with Crippen LogP contribution in [0.2, 0.25) is 0 Å². The number of hydrogen-bond donors (Lipinski definition) is 1. The molecule has 3 rings (SSSR count). The molecule has 3 amide bonds. The molecule has 3 aromatic rings. The van der Waals surface area contributed by atoms with Crippen LogP contribution in [0, 0.1) is 20.8 Å². The molecule has 0 aliphatic heterocycles. The van der Waals surface area contributed by atoms with Crippen molar-refractivity contribution in [3.05, 3.63) is 87.6 Å². The van der Waals surface area contributed by atoms with Gasteiger partial charge in [-0.25, -0.2) is 4.79 Å². The number of thiophene rings is 1. The van der Waals surface area contributed by atoms with Crippen LogP contribution < -0.4 is 14.8 Å². The molecule has 202 valence electrons. The summed E-state index contributed by atoms with van der Waals surface area (Å²) in [5, 5.41) is 2.96. The van der Waals surface area contributed by atoms with Gasteiger partial charge in [-0.1, -0.05) is 24.3 Å². The Morgan fingerprint density at radius 2 is 1.76 bits per heavy atom. The number of amides is 3. The first-order valence-corrected chi connectivity index (χ1v) is 13.3. The number of benzene rings is 2. The molecular weight excluding hydrogens is 498 g/mol. The van der Waals surface area contributed by atoms with Crippen LogP contribution in [0.1, 0.15) is 26.4 Å². The van der Waals surface area contributed by atoms with E-state index in [0.717, 1.165) is 27.3 Å². The Morgan fingerprint density at radius 3 is 2.42 bits per heavy atom. The van der Waals surface area contributed by atoms with Crippen molar-refractivity contribution in [2.75, 3.05) is 39.2 Å². The molecule has 1 aromatic heterocycles. The molecule has 0 fully saturated rings. The number of carbonyl (C=O) groups excluding carboxylic acids is 2. The van der Waals surface area contributed by atoms with Gasteiger partial charge in [-0.05, 0) is 74.2 Å². The quantitative estimate of drug-likeness (QED) is 0.290. The van der Waals surface area contributed by atoms with Gasteiger partial charge in [0.05, 0.1) is 20.8 Å². The molecule has 0 bridgehead atoms. The van der Waals surface area contributed by atoms with Gasteiger partial charge in [-0.2, -0.15) is 0 Å². The van der Waals surface area contributed by atoms with Crippen LogP contribution in [0.4, 0.5) is 10.5 Å². The maximum absolute atomic E-state index is 13.6. The summed E-state index contributed by atoms with van der Waals surface area (Å²) in [6, 6.07) is 15.3. The lowest BCUT2D eigenvalue weighted by Gasteiger charge is -2.27. The number of rotatable bonds is 12. The van der Waals surface area contributed by atoms with Crippen LogP contribution in [0.15, 0.2) is 61.2 Å². The van der Waals surface area contributed by atoms with Crippen molar-refractivity contribution in [1.82, 2.24) is 9.80 Å². The lowest BCUT2D eigenvalue weighted by Crippen LogP contribution is -2.45. The Morgan fingerprint density at radius 1 is 1.00 bits per heavy atom. The highest BCUT2D eigenvalue weighted by molar-refractivity contribution is 7.11. The van der Waals surface area contributed by atoms with Crippen molar-refractivity contribution in [3.8, 4) is 11.5 Å². The van der Waals surface area contributed by atoms with Gasteiger partial charge in [-0.3, -0.25) is 4.79 Å². The Hall–Kier alpha value is -3.78. The van der Waals surface area contributed by atoms with Gasteiger partial charge < -0.3 is 24.6 Å². The number of hydrogen-bond acceptors (Lipinski definition) is 5. The SMILES string of the molecule is C=CCN(CC(=O)N(CCc1ccc(OC)c(OC)c1)Cc1ccc(C)s1)C(=O)Nc1cccc(C)c1C. The largest absolute Gasteiger partial charge is 0.493 e. The number of anilines is 1. The molecule has 0 saturated carbocycles. The van der Waals surface area contributed by atoms with E-state index in [0.29, 0.717) is 31.0 Å². The molecule has 38 heavy (non-hydrogen) atoms. The Kier molecular flexibility index (Phi) is 10.4. The number of urea groups is 1. The maximum atomic E-state index is 13.6. The molecule has 1 heterocycles. The Bertz CT molecular complexity index is 1270. The molecule has 0 aliphatic carbocycles. The molecule has 0 radical (unpaired) electrons. The molecular formula is C30H37N3O4S. The van der Waals surface area contributed by atoms with E-state index < -0.39 is 0 Å². The van der Waals surface area contributed by atoms with Crippen molar-refractivity contribution in [2.24, 2.45) is 0 Å². The second kappa shape index (κ2) is 13.7.